The second-order valence-corrected chi connectivity index (χ2v) is 9.78. The van der Waals surface area contributed by atoms with E-state index in [1.165, 1.54) is 46.6 Å². The van der Waals surface area contributed by atoms with Gasteiger partial charge in [0.1, 0.15) is 29.8 Å². The highest BCUT2D eigenvalue weighted by molar-refractivity contribution is 8.27. The number of nitrogens with zero attached hydrogens (tertiary/aromatic N) is 4. The standard InChI is InChI=1S/C26H27N5O5S/c1-5-17-10-16(4)11-20(12-17)35-8-9-36-22-7-6-19(31(33)34)13-18(22)14-21-23(27)30-26(28-24(21)32)37-25(29-30)15(2)3/h6-7,10-15,27H,5,8-9H2,1-4H3/b21-14-,27-23?. The molecule has 192 valence electrons. The number of hydrazone groups is 1. The molecule has 0 bridgehead atoms. The Labute approximate surface area is 218 Å². The molecule has 4 rings (SSSR count). The van der Waals surface area contributed by atoms with Crippen molar-refractivity contribution in [2.75, 3.05) is 13.2 Å². The molecule has 0 radical (unpaired) electrons. The van der Waals surface area contributed by atoms with Gasteiger partial charge in [-0.05, 0) is 60.5 Å². The largest absolute Gasteiger partial charge is 0.490 e. The lowest BCUT2D eigenvalue weighted by molar-refractivity contribution is -0.384. The van der Waals surface area contributed by atoms with E-state index in [4.69, 9.17) is 14.9 Å². The third-order valence-corrected chi connectivity index (χ3v) is 6.81. The number of aliphatic imine (C=N–C) groups is 1. The molecule has 10 nitrogen and oxygen atoms in total. The molecule has 0 unspecified atom stereocenters. The Balaban J connectivity index is 1.55. The molecule has 0 saturated heterocycles. The van der Waals surface area contributed by atoms with E-state index in [-0.39, 0.29) is 41.8 Å². The average Bonchev–Trinajstić information content (AvgIpc) is 3.29. The summed E-state index contributed by atoms with van der Waals surface area (Å²) in [7, 11) is 0. The number of nitro groups is 1. The molecule has 2 aliphatic rings. The Bertz CT molecular complexity index is 1370. The molecule has 0 aliphatic carbocycles. The summed E-state index contributed by atoms with van der Waals surface area (Å²) in [6, 6.07) is 10.1. The van der Waals surface area contributed by atoms with Gasteiger partial charge in [0.2, 0.25) is 5.17 Å². The summed E-state index contributed by atoms with van der Waals surface area (Å²) >= 11 is 1.25. The predicted molar refractivity (Wildman–Crippen MR) is 144 cm³/mol. The number of amides is 1. The van der Waals surface area contributed by atoms with Crippen molar-refractivity contribution in [3.05, 3.63) is 68.8 Å². The second-order valence-electron chi connectivity index (χ2n) is 8.80. The van der Waals surface area contributed by atoms with E-state index in [2.05, 4.69) is 23.1 Å². The van der Waals surface area contributed by atoms with Gasteiger partial charge in [0.15, 0.2) is 5.84 Å². The molecule has 2 aliphatic heterocycles. The quantitative estimate of drug-likeness (QED) is 0.208. The number of aryl methyl sites for hydroxylation is 2. The fourth-order valence-corrected chi connectivity index (χ4v) is 4.60. The van der Waals surface area contributed by atoms with Crippen LogP contribution in [0.2, 0.25) is 0 Å². The third kappa shape index (κ3) is 5.88. The number of amidine groups is 2. The van der Waals surface area contributed by atoms with Gasteiger partial charge >= 0.3 is 0 Å². The average molecular weight is 522 g/mol. The first-order valence-corrected chi connectivity index (χ1v) is 12.6. The van der Waals surface area contributed by atoms with E-state index >= 15 is 0 Å². The molecule has 37 heavy (non-hydrogen) atoms. The monoisotopic (exact) mass is 521 g/mol. The van der Waals surface area contributed by atoms with E-state index in [1.807, 2.05) is 32.9 Å². The molecule has 0 aromatic heterocycles. The van der Waals surface area contributed by atoms with Crippen molar-refractivity contribution in [1.29, 1.82) is 5.41 Å². The summed E-state index contributed by atoms with van der Waals surface area (Å²) in [4.78, 5) is 27.7. The highest BCUT2D eigenvalue weighted by Gasteiger charge is 2.36. The van der Waals surface area contributed by atoms with Crippen molar-refractivity contribution in [3.8, 4) is 11.5 Å². The minimum Gasteiger partial charge on any atom is -0.490 e. The van der Waals surface area contributed by atoms with Crippen LogP contribution in [0, 0.1) is 28.4 Å². The van der Waals surface area contributed by atoms with E-state index in [9.17, 15) is 14.9 Å². The van der Waals surface area contributed by atoms with E-state index in [0.717, 1.165) is 22.8 Å². The molecule has 2 aromatic carbocycles. The first kappa shape index (κ1) is 26.1. The first-order chi connectivity index (χ1) is 17.7. The fourth-order valence-electron chi connectivity index (χ4n) is 3.71. The van der Waals surface area contributed by atoms with Gasteiger partial charge in [0.05, 0.1) is 10.5 Å². The first-order valence-electron chi connectivity index (χ1n) is 11.8. The van der Waals surface area contributed by atoms with Crippen LogP contribution in [0.5, 0.6) is 11.5 Å². The third-order valence-electron chi connectivity index (χ3n) is 5.60. The predicted octanol–water partition coefficient (Wildman–Crippen LogP) is 5.20. The molecule has 0 fully saturated rings. The Morgan fingerprint density at radius 1 is 1.19 bits per heavy atom. The van der Waals surface area contributed by atoms with Crippen molar-refractivity contribution in [2.45, 2.75) is 34.1 Å². The van der Waals surface area contributed by atoms with E-state index < -0.39 is 10.8 Å². The van der Waals surface area contributed by atoms with E-state index in [1.54, 1.807) is 0 Å². The lowest BCUT2D eigenvalue weighted by Gasteiger charge is -2.20. The highest BCUT2D eigenvalue weighted by Crippen LogP contribution is 2.33. The van der Waals surface area contributed by atoms with Gasteiger partial charge in [-0.3, -0.25) is 20.3 Å². The van der Waals surface area contributed by atoms with Gasteiger partial charge < -0.3 is 9.47 Å². The maximum Gasteiger partial charge on any atom is 0.283 e. The molecule has 2 heterocycles. The number of fused-ring (bicyclic) bond motifs is 1. The summed E-state index contributed by atoms with van der Waals surface area (Å²) in [6.45, 7) is 8.43. The lowest BCUT2D eigenvalue weighted by Crippen LogP contribution is -2.35. The van der Waals surface area contributed by atoms with Crippen LogP contribution in [0.1, 0.15) is 37.5 Å². The summed E-state index contributed by atoms with van der Waals surface area (Å²) < 4.78 is 11.7. The van der Waals surface area contributed by atoms with Gasteiger partial charge in [-0.2, -0.15) is 15.1 Å². The number of hydrogen-bond donors (Lipinski definition) is 1. The molecule has 11 heteroatoms. The Morgan fingerprint density at radius 2 is 1.95 bits per heavy atom. The van der Waals surface area contributed by atoms with Crippen LogP contribution in [0.25, 0.3) is 6.08 Å². The summed E-state index contributed by atoms with van der Waals surface area (Å²) in [6.07, 6.45) is 2.28. The maximum absolute atomic E-state index is 12.8. The molecular weight excluding hydrogens is 494 g/mol. The van der Waals surface area contributed by atoms with Crippen molar-refractivity contribution < 1.29 is 19.2 Å². The number of carbonyl (C=O) groups is 1. The van der Waals surface area contributed by atoms with Gasteiger partial charge in [-0.1, -0.05) is 26.8 Å². The number of rotatable bonds is 9. The Kier molecular flexibility index (Phi) is 7.72. The maximum atomic E-state index is 12.8. The Hall–Kier alpha value is -3.99. The molecular formula is C26H27N5O5S. The van der Waals surface area contributed by atoms with Gasteiger partial charge in [0, 0.05) is 23.6 Å². The van der Waals surface area contributed by atoms with Crippen LogP contribution in [0.3, 0.4) is 0 Å². The van der Waals surface area contributed by atoms with Crippen LogP contribution in [0.15, 0.2) is 52.1 Å². The number of thioether (sulfide) groups is 1. The molecule has 2 aromatic rings. The highest BCUT2D eigenvalue weighted by atomic mass is 32.2. The lowest BCUT2D eigenvalue weighted by atomic mass is 10.1. The topological polar surface area (TPSA) is 130 Å². The van der Waals surface area contributed by atoms with Gasteiger partial charge in [0.25, 0.3) is 11.6 Å². The molecule has 1 N–H and O–H groups in total. The van der Waals surface area contributed by atoms with Crippen LogP contribution in [-0.2, 0) is 11.2 Å². The zero-order chi connectivity index (χ0) is 26.7. The number of benzene rings is 2. The number of ether oxygens (including phenoxy) is 2. The van der Waals surface area contributed by atoms with Gasteiger partial charge in [-0.25, -0.2) is 0 Å². The molecule has 0 saturated carbocycles. The molecule has 0 spiro atoms. The van der Waals surface area contributed by atoms with Gasteiger partial charge in [-0.15, -0.1) is 0 Å². The number of hydrogen-bond acceptors (Lipinski definition) is 8. The van der Waals surface area contributed by atoms with Crippen molar-refractivity contribution in [3.63, 3.8) is 0 Å². The zero-order valence-electron chi connectivity index (χ0n) is 21.0. The van der Waals surface area contributed by atoms with Crippen molar-refractivity contribution in [2.24, 2.45) is 16.0 Å². The molecule has 0 atom stereocenters. The summed E-state index contributed by atoms with van der Waals surface area (Å²) in [5.41, 5.74) is 2.35. The van der Waals surface area contributed by atoms with Crippen molar-refractivity contribution >= 4 is 45.5 Å². The van der Waals surface area contributed by atoms with Crippen LogP contribution < -0.4 is 9.47 Å². The van der Waals surface area contributed by atoms with Crippen LogP contribution in [0.4, 0.5) is 5.69 Å². The number of non-ortho nitro benzene ring substituents is 1. The van der Waals surface area contributed by atoms with Crippen molar-refractivity contribution in [1.82, 2.24) is 5.01 Å². The fraction of sp³-hybridized carbons (Fsp3) is 0.308. The summed E-state index contributed by atoms with van der Waals surface area (Å²) in [5, 5.41) is 26.7. The zero-order valence-corrected chi connectivity index (χ0v) is 21.8. The normalized spacial score (nSPS) is 16.1. The second kappa shape index (κ2) is 11.0. The summed E-state index contributed by atoms with van der Waals surface area (Å²) in [5.74, 6) is 0.408. The van der Waals surface area contributed by atoms with Crippen LogP contribution in [-0.4, -0.2) is 45.1 Å². The molecule has 1 amide bonds. The minimum atomic E-state index is -0.615. The minimum absolute atomic E-state index is 0.0356. The van der Waals surface area contributed by atoms with Crippen LogP contribution >= 0.6 is 11.8 Å². The number of carbonyl (C=O) groups excluding carboxylic acids is 1. The SMILES string of the molecule is CCc1cc(C)cc(OCCOc2ccc([N+](=O)[O-])cc2/C=C2/C(=N)N3N=C(C(C)C)SC3=NC2=O)c1. The number of nitro benzene ring substituents is 1. The Morgan fingerprint density at radius 3 is 2.65 bits per heavy atom. The van der Waals surface area contributed by atoms with E-state index in [0.29, 0.717) is 10.9 Å². The number of nitrogens with one attached hydrogen (secondary N) is 1. The smallest absolute Gasteiger partial charge is 0.283 e.